The molecule has 2 aromatic rings. The lowest BCUT2D eigenvalue weighted by Gasteiger charge is -2.30. The van der Waals surface area contributed by atoms with Gasteiger partial charge in [-0.15, -0.1) is 23.1 Å². The number of hydrogen-bond donors (Lipinski definition) is 2. The monoisotopic (exact) mass is 433 g/mol. The molecule has 3 N–H and O–H groups in total. The molecule has 1 aromatic heterocycles. The summed E-state index contributed by atoms with van der Waals surface area (Å²) < 4.78 is 5.15. The molecule has 0 fully saturated rings. The molecule has 2 heterocycles. The molecule has 0 saturated carbocycles. The first-order chi connectivity index (χ1) is 13.9. The molecule has 3 rings (SSSR count). The van der Waals surface area contributed by atoms with Crippen LogP contribution in [0.5, 0.6) is 5.75 Å². The summed E-state index contributed by atoms with van der Waals surface area (Å²) in [6.07, 6.45) is 1.14. The van der Waals surface area contributed by atoms with Gasteiger partial charge in [0, 0.05) is 41.1 Å². The molecule has 6 nitrogen and oxygen atoms in total. The topological polar surface area (TPSA) is 84.7 Å². The summed E-state index contributed by atoms with van der Waals surface area (Å²) in [6.45, 7) is 6.02. The van der Waals surface area contributed by atoms with Crippen LogP contribution in [0.2, 0.25) is 0 Å². The van der Waals surface area contributed by atoms with Crippen molar-refractivity contribution in [1.29, 1.82) is 0 Å². The number of methoxy groups -OCH3 is 1. The van der Waals surface area contributed by atoms with Crippen molar-refractivity contribution in [2.45, 2.75) is 44.2 Å². The van der Waals surface area contributed by atoms with Gasteiger partial charge in [-0.1, -0.05) is 0 Å². The normalized spacial score (nSPS) is 13.9. The van der Waals surface area contributed by atoms with Crippen LogP contribution < -0.4 is 15.8 Å². The second-order valence-corrected chi connectivity index (χ2v) is 9.48. The van der Waals surface area contributed by atoms with E-state index in [2.05, 4.69) is 24.1 Å². The van der Waals surface area contributed by atoms with Crippen LogP contribution in [0.25, 0.3) is 0 Å². The Morgan fingerprint density at radius 3 is 2.66 bits per heavy atom. The fraction of sp³-hybridized carbons (Fsp3) is 0.429. The number of carbonyl (C=O) groups is 2. The van der Waals surface area contributed by atoms with E-state index in [1.165, 1.54) is 11.3 Å². The van der Waals surface area contributed by atoms with Crippen molar-refractivity contribution < 1.29 is 14.3 Å². The Kier molecular flexibility index (Phi) is 7.21. The molecule has 8 heteroatoms. The van der Waals surface area contributed by atoms with Crippen molar-refractivity contribution in [2.24, 2.45) is 5.73 Å². The largest absolute Gasteiger partial charge is 0.497 e. The molecular formula is C21H27N3O3S2. The first-order valence-electron chi connectivity index (χ1n) is 9.64. The van der Waals surface area contributed by atoms with Crippen molar-refractivity contribution in [2.75, 3.05) is 24.7 Å². The van der Waals surface area contributed by atoms with Gasteiger partial charge in [-0.3, -0.25) is 14.5 Å². The predicted molar refractivity (Wildman–Crippen MR) is 119 cm³/mol. The maximum atomic E-state index is 12.5. The number of anilines is 1. The second-order valence-electron chi connectivity index (χ2n) is 7.21. The molecule has 2 amide bonds. The van der Waals surface area contributed by atoms with E-state index in [1.807, 2.05) is 24.3 Å². The van der Waals surface area contributed by atoms with Crippen LogP contribution >= 0.6 is 23.1 Å². The van der Waals surface area contributed by atoms with Gasteiger partial charge in [0.1, 0.15) is 10.8 Å². The number of hydrogen-bond acceptors (Lipinski definition) is 6. The average molecular weight is 434 g/mol. The average Bonchev–Trinajstić information content (AvgIpc) is 3.05. The third-order valence-electron chi connectivity index (χ3n) is 4.97. The number of ether oxygens (including phenoxy) is 1. The van der Waals surface area contributed by atoms with Crippen LogP contribution in [-0.2, 0) is 17.8 Å². The summed E-state index contributed by atoms with van der Waals surface area (Å²) in [5.74, 6) is 0.885. The summed E-state index contributed by atoms with van der Waals surface area (Å²) in [6, 6.07) is 8.19. The molecular weight excluding hydrogens is 406 g/mol. The van der Waals surface area contributed by atoms with Gasteiger partial charge in [-0.05, 0) is 50.1 Å². The predicted octanol–water partition coefficient (Wildman–Crippen LogP) is 3.74. The standard InChI is InChI=1S/C21H27N3O3S2/c1-13(2)24-10-8-16-17(12-24)29-21(19(16)20(22)26)23-18(25)9-11-28-15-6-4-14(27-3)5-7-15/h4-7,13H,8-12H2,1-3H3,(H2,22,26)(H,23,25). The molecule has 1 aliphatic heterocycles. The first kappa shape index (κ1) is 21.7. The lowest BCUT2D eigenvalue weighted by atomic mass is 10.0. The Morgan fingerprint density at radius 2 is 2.03 bits per heavy atom. The fourth-order valence-electron chi connectivity index (χ4n) is 3.34. The molecule has 0 radical (unpaired) electrons. The fourth-order valence-corrected chi connectivity index (χ4v) is 5.48. The van der Waals surface area contributed by atoms with Crippen molar-refractivity contribution in [3.8, 4) is 5.75 Å². The molecule has 0 spiro atoms. The minimum atomic E-state index is -0.469. The number of fused-ring (bicyclic) bond motifs is 1. The van der Waals surface area contributed by atoms with E-state index < -0.39 is 5.91 Å². The Balaban J connectivity index is 1.61. The van der Waals surface area contributed by atoms with Gasteiger partial charge in [0.05, 0.1) is 12.7 Å². The second kappa shape index (κ2) is 9.65. The van der Waals surface area contributed by atoms with E-state index in [0.717, 1.165) is 40.6 Å². The van der Waals surface area contributed by atoms with Gasteiger partial charge in [-0.2, -0.15) is 0 Å². The Bertz CT molecular complexity index is 878. The number of amides is 2. The zero-order valence-corrected chi connectivity index (χ0v) is 18.6. The molecule has 156 valence electrons. The van der Waals surface area contributed by atoms with Crippen molar-refractivity contribution in [1.82, 2.24) is 4.90 Å². The minimum Gasteiger partial charge on any atom is -0.497 e. The molecule has 1 aromatic carbocycles. The molecule has 0 atom stereocenters. The summed E-state index contributed by atoms with van der Waals surface area (Å²) in [4.78, 5) is 29.1. The van der Waals surface area contributed by atoms with Crippen LogP contribution in [0.3, 0.4) is 0 Å². The summed E-state index contributed by atoms with van der Waals surface area (Å²) in [5, 5.41) is 3.51. The highest BCUT2D eigenvalue weighted by molar-refractivity contribution is 7.99. The van der Waals surface area contributed by atoms with E-state index >= 15 is 0 Å². The molecule has 0 aliphatic carbocycles. The van der Waals surface area contributed by atoms with Gasteiger partial charge < -0.3 is 15.8 Å². The molecule has 0 unspecified atom stereocenters. The highest BCUT2D eigenvalue weighted by atomic mass is 32.2. The minimum absolute atomic E-state index is 0.104. The van der Waals surface area contributed by atoms with Crippen LogP contribution in [-0.4, -0.2) is 42.2 Å². The Morgan fingerprint density at radius 1 is 1.31 bits per heavy atom. The molecule has 29 heavy (non-hydrogen) atoms. The van der Waals surface area contributed by atoms with Gasteiger partial charge in [0.25, 0.3) is 5.91 Å². The van der Waals surface area contributed by atoms with Crippen molar-refractivity contribution >= 4 is 39.9 Å². The lowest BCUT2D eigenvalue weighted by molar-refractivity contribution is -0.115. The Hall–Kier alpha value is -2.03. The van der Waals surface area contributed by atoms with Gasteiger partial charge in [-0.25, -0.2) is 0 Å². The highest BCUT2D eigenvalue weighted by Gasteiger charge is 2.28. The van der Waals surface area contributed by atoms with Crippen LogP contribution in [0, 0.1) is 0 Å². The maximum Gasteiger partial charge on any atom is 0.251 e. The molecule has 0 bridgehead atoms. The van der Waals surface area contributed by atoms with Gasteiger partial charge in [0.2, 0.25) is 5.91 Å². The van der Waals surface area contributed by atoms with E-state index in [0.29, 0.717) is 28.8 Å². The van der Waals surface area contributed by atoms with E-state index in [-0.39, 0.29) is 5.91 Å². The van der Waals surface area contributed by atoms with Crippen molar-refractivity contribution in [3.05, 3.63) is 40.3 Å². The summed E-state index contributed by atoms with van der Waals surface area (Å²) >= 11 is 3.09. The number of rotatable bonds is 8. The van der Waals surface area contributed by atoms with Crippen LogP contribution in [0.15, 0.2) is 29.2 Å². The van der Waals surface area contributed by atoms with E-state index in [4.69, 9.17) is 10.5 Å². The third kappa shape index (κ3) is 5.32. The smallest absolute Gasteiger partial charge is 0.251 e. The number of nitrogens with zero attached hydrogens (tertiary/aromatic N) is 1. The number of primary amides is 1. The Labute approximate surface area is 179 Å². The van der Waals surface area contributed by atoms with E-state index in [9.17, 15) is 9.59 Å². The summed E-state index contributed by atoms with van der Waals surface area (Å²) in [5.41, 5.74) is 7.13. The van der Waals surface area contributed by atoms with Gasteiger partial charge in [0.15, 0.2) is 0 Å². The maximum absolute atomic E-state index is 12.5. The van der Waals surface area contributed by atoms with Crippen molar-refractivity contribution in [3.63, 3.8) is 0 Å². The lowest BCUT2D eigenvalue weighted by Crippen LogP contribution is -2.35. The highest BCUT2D eigenvalue weighted by Crippen LogP contribution is 2.37. The van der Waals surface area contributed by atoms with Crippen LogP contribution in [0.1, 0.15) is 41.1 Å². The number of thioether (sulfide) groups is 1. The summed E-state index contributed by atoms with van der Waals surface area (Å²) in [7, 11) is 1.63. The zero-order chi connectivity index (χ0) is 21.0. The number of nitrogens with two attached hydrogens (primary N) is 1. The van der Waals surface area contributed by atoms with Gasteiger partial charge >= 0.3 is 0 Å². The van der Waals surface area contributed by atoms with E-state index in [1.54, 1.807) is 18.9 Å². The molecule has 1 aliphatic rings. The number of carbonyl (C=O) groups excluding carboxylic acids is 2. The quantitative estimate of drug-likeness (QED) is 0.620. The number of thiophene rings is 1. The van der Waals surface area contributed by atoms with Crippen LogP contribution in [0.4, 0.5) is 5.00 Å². The number of nitrogens with one attached hydrogen (secondary N) is 1. The first-order valence-corrected chi connectivity index (χ1v) is 11.4. The number of benzene rings is 1. The zero-order valence-electron chi connectivity index (χ0n) is 17.0. The SMILES string of the molecule is COc1ccc(SCCC(=O)Nc2sc3c(c2C(N)=O)CCN(C(C)C)C3)cc1. The molecule has 0 saturated heterocycles. The third-order valence-corrected chi connectivity index (χ3v) is 7.12.